The number of carbonyl (C=O) groups excluding carboxylic acids is 1. The van der Waals surface area contributed by atoms with Gasteiger partial charge in [-0.2, -0.15) is 0 Å². The van der Waals surface area contributed by atoms with Crippen molar-refractivity contribution in [3.63, 3.8) is 0 Å². The molecule has 2 aromatic heterocycles. The van der Waals surface area contributed by atoms with Gasteiger partial charge in [-0.3, -0.25) is 0 Å². The Balaban J connectivity index is 1.19. The Bertz CT molecular complexity index is 1510. The fourth-order valence-electron chi connectivity index (χ4n) is 4.43. The molecule has 5 rings (SSSR count). The van der Waals surface area contributed by atoms with Gasteiger partial charge in [-0.25, -0.2) is 28.5 Å². The second-order valence-corrected chi connectivity index (χ2v) is 9.64. The predicted molar refractivity (Wildman–Crippen MR) is 147 cm³/mol. The summed E-state index contributed by atoms with van der Waals surface area (Å²) in [5.74, 6) is 0.763. The molecule has 0 saturated carbocycles. The molecule has 0 aliphatic carbocycles. The molecular formula is C28H29F2N7O2. The van der Waals surface area contributed by atoms with Crippen LogP contribution in [0.4, 0.5) is 36.6 Å². The van der Waals surface area contributed by atoms with E-state index in [0.29, 0.717) is 31.7 Å². The smallest absolute Gasteiger partial charge is 0.321 e. The van der Waals surface area contributed by atoms with Crippen molar-refractivity contribution in [3.8, 4) is 5.75 Å². The predicted octanol–water partition coefficient (Wildman–Crippen LogP) is 5.50. The van der Waals surface area contributed by atoms with Gasteiger partial charge in [0.25, 0.3) is 0 Å². The van der Waals surface area contributed by atoms with E-state index in [2.05, 4.69) is 25.6 Å². The molecule has 1 fully saturated rings. The topological polar surface area (TPSA) is 95.5 Å². The Morgan fingerprint density at radius 1 is 1.05 bits per heavy atom. The Morgan fingerprint density at radius 2 is 1.85 bits per heavy atom. The number of piperidine rings is 1. The lowest BCUT2D eigenvalue weighted by Crippen LogP contribution is -2.43. The molecule has 1 aliphatic rings. The summed E-state index contributed by atoms with van der Waals surface area (Å²) >= 11 is 0. The van der Waals surface area contributed by atoms with Crippen LogP contribution in [0.1, 0.15) is 18.4 Å². The highest BCUT2D eigenvalue weighted by atomic mass is 19.1. The van der Waals surface area contributed by atoms with Gasteiger partial charge in [0.05, 0.1) is 17.4 Å². The lowest BCUT2D eigenvalue weighted by atomic mass is 10.1. The number of hydrogen-bond donors (Lipinski definition) is 2. The van der Waals surface area contributed by atoms with Gasteiger partial charge in [0.2, 0.25) is 0 Å². The fourth-order valence-corrected chi connectivity index (χ4v) is 4.43. The number of anilines is 4. The highest BCUT2D eigenvalue weighted by Crippen LogP contribution is 2.29. The molecule has 4 aromatic rings. The van der Waals surface area contributed by atoms with Crippen molar-refractivity contribution in [2.24, 2.45) is 0 Å². The van der Waals surface area contributed by atoms with E-state index in [1.165, 1.54) is 12.4 Å². The maximum atomic E-state index is 13.9. The number of benzene rings is 2. The van der Waals surface area contributed by atoms with E-state index in [4.69, 9.17) is 4.74 Å². The lowest BCUT2D eigenvalue weighted by Gasteiger charge is -2.32. The molecule has 2 aromatic carbocycles. The summed E-state index contributed by atoms with van der Waals surface area (Å²) in [7, 11) is 3.86. The minimum absolute atomic E-state index is 0.0473. The number of carbonyl (C=O) groups is 1. The summed E-state index contributed by atoms with van der Waals surface area (Å²) < 4.78 is 33.2. The van der Waals surface area contributed by atoms with Gasteiger partial charge < -0.3 is 25.2 Å². The summed E-state index contributed by atoms with van der Waals surface area (Å²) in [4.78, 5) is 29.2. The van der Waals surface area contributed by atoms with Crippen LogP contribution in [0.25, 0.3) is 10.9 Å². The van der Waals surface area contributed by atoms with Crippen molar-refractivity contribution in [2.45, 2.75) is 25.9 Å². The number of urea groups is 1. The van der Waals surface area contributed by atoms with Crippen molar-refractivity contribution < 1.29 is 18.3 Å². The highest BCUT2D eigenvalue weighted by molar-refractivity contribution is 5.92. The molecule has 11 heteroatoms. The average Bonchev–Trinajstić information content (AvgIpc) is 2.92. The molecule has 39 heavy (non-hydrogen) atoms. The number of halogens is 2. The third-order valence-electron chi connectivity index (χ3n) is 6.60. The third-order valence-corrected chi connectivity index (χ3v) is 6.60. The van der Waals surface area contributed by atoms with Gasteiger partial charge in [-0.1, -0.05) is 0 Å². The third kappa shape index (κ3) is 5.97. The number of aromatic nitrogens is 3. The fraction of sp³-hybridized carbons (Fsp3) is 0.286. The van der Waals surface area contributed by atoms with E-state index in [0.717, 1.165) is 45.9 Å². The second kappa shape index (κ2) is 11.1. The zero-order valence-electron chi connectivity index (χ0n) is 21.9. The SMILES string of the molecule is Cc1cc(Nc2ncnc3cnc(N(C)C)cc23)ccc1OC1CCN(C(=O)Nc2ccc(F)cc2F)CC1. The number of fused-ring (bicyclic) bond motifs is 1. The maximum Gasteiger partial charge on any atom is 0.321 e. The minimum Gasteiger partial charge on any atom is -0.490 e. The molecular weight excluding hydrogens is 504 g/mol. The Morgan fingerprint density at radius 3 is 2.56 bits per heavy atom. The zero-order chi connectivity index (χ0) is 27.5. The van der Waals surface area contributed by atoms with E-state index < -0.39 is 17.7 Å². The van der Waals surface area contributed by atoms with E-state index >= 15 is 0 Å². The summed E-state index contributed by atoms with van der Waals surface area (Å²) in [6.07, 6.45) is 4.45. The van der Waals surface area contributed by atoms with E-state index in [-0.39, 0.29) is 11.8 Å². The number of pyridine rings is 1. The number of nitrogens with zero attached hydrogens (tertiary/aromatic N) is 5. The van der Waals surface area contributed by atoms with Crippen LogP contribution in [-0.2, 0) is 0 Å². The van der Waals surface area contributed by atoms with E-state index in [9.17, 15) is 13.6 Å². The largest absolute Gasteiger partial charge is 0.490 e. The van der Waals surface area contributed by atoms with Crippen molar-refractivity contribution in [2.75, 3.05) is 42.7 Å². The monoisotopic (exact) mass is 533 g/mol. The first-order valence-corrected chi connectivity index (χ1v) is 12.6. The number of hydrogen-bond acceptors (Lipinski definition) is 7. The van der Waals surface area contributed by atoms with Crippen LogP contribution in [0.3, 0.4) is 0 Å². The Kier molecular flexibility index (Phi) is 7.40. The number of ether oxygens (including phenoxy) is 1. The first-order valence-electron chi connectivity index (χ1n) is 12.6. The molecule has 0 atom stereocenters. The van der Waals surface area contributed by atoms with Crippen LogP contribution in [0.5, 0.6) is 5.75 Å². The van der Waals surface area contributed by atoms with Gasteiger partial charge in [-0.05, 0) is 48.9 Å². The van der Waals surface area contributed by atoms with Crippen LogP contribution in [0.2, 0.25) is 0 Å². The van der Waals surface area contributed by atoms with Crippen molar-refractivity contribution >= 4 is 39.9 Å². The lowest BCUT2D eigenvalue weighted by molar-refractivity contribution is 0.115. The van der Waals surface area contributed by atoms with Crippen LogP contribution in [0, 0.1) is 18.6 Å². The summed E-state index contributed by atoms with van der Waals surface area (Å²) in [5.41, 5.74) is 2.52. The first-order chi connectivity index (χ1) is 18.8. The molecule has 9 nitrogen and oxygen atoms in total. The van der Waals surface area contributed by atoms with Gasteiger partial charge in [-0.15, -0.1) is 0 Å². The molecule has 2 N–H and O–H groups in total. The van der Waals surface area contributed by atoms with Gasteiger partial charge in [0.1, 0.15) is 41.5 Å². The standard InChI is InChI=1S/C28H29F2N7O2/c1-17-12-19(34-27-21-14-26(36(2)3)31-15-24(21)32-16-33-27)5-7-25(17)39-20-8-10-37(11-9-20)28(38)35-23-6-4-18(29)13-22(23)30/h4-7,12-16,20H,8-11H2,1-3H3,(H,35,38)(H,32,33,34). The van der Waals surface area contributed by atoms with Gasteiger partial charge in [0.15, 0.2) is 0 Å². The molecule has 0 spiro atoms. The number of rotatable bonds is 6. The van der Waals surface area contributed by atoms with E-state index in [1.54, 1.807) is 11.1 Å². The molecule has 0 bridgehead atoms. The molecule has 202 valence electrons. The Labute approximate surface area is 224 Å². The van der Waals surface area contributed by atoms with Crippen LogP contribution >= 0.6 is 0 Å². The Hall–Kier alpha value is -4.54. The number of aryl methyl sites for hydroxylation is 1. The van der Waals surface area contributed by atoms with Crippen LogP contribution in [0.15, 0.2) is 55.0 Å². The highest BCUT2D eigenvalue weighted by Gasteiger charge is 2.25. The molecule has 0 radical (unpaired) electrons. The minimum atomic E-state index is -0.807. The molecule has 2 amide bonds. The van der Waals surface area contributed by atoms with Crippen LogP contribution in [-0.4, -0.2) is 59.2 Å². The van der Waals surface area contributed by atoms with Gasteiger partial charge >= 0.3 is 6.03 Å². The molecule has 1 saturated heterocycles. The van der Waals surface area contributed by atoms with Crippen molar-refractivity contribution in [1.82, 2.24) is 19.9 Å². The zero-order valence-corrected chi connectivity index (χ0v) is 21.9. The molecule has 0 unspecified atom stereocenters. The quantitative estimate of drug-likeness (QED) is 0.338. The second-order valence-electron chi connectivity index (χ2n) is 9.64. The van der Waals surface area contributed by atoms with Crippen molar-refractivity contribution in [1.29, 1.82) is 0 Å². The number of nitrogens with one attached hydrogen (secondary N) is 2. The van der Waals surface area contributed by atoms with Gasteiger partial charge in [0, 0.05) is 57.2 Å². The first kappa shape index (κ1) is 26.1. The molecule has 1 aliphatic heterocycles. The van der Waals surface area contributed by atoms with Crippen LogP contribution < -0.4 is 20.3 Å². The molecule has 3 heterocycles. The maximum absolute atomic E-state index is 13.9. The summed E-state index contributed by atoms with van der Waals surface area (Å²) in [6.45, 7) is 2.90. The van der Waals surface area contributed by atoms with Crippen molar-refractivity contribution in [3.05, 3.63) is 72.2 Å². The van der Waals surface area contributed by atoms with E-state index in [1.807, 2.05) is 50.2 Å². The number of amides is 2. The summed E-state index contributed by atoms with van der Waals surface area (Å²) in [6, 6.07) is 10.4. The summed E-state index contributed by atoms with van der Waals surface area (Å²) in [5, 5.41) is 6.76. The normalized spacial score (nSPS) is 13.8. The number of likely N-dealkylation sites (tertiary alicyclic amines) is 1. The average molecular weight is 534 g/mol.